The Morgan fingerprint density at radius 1 is 1.48 bits per heavy atom. The van der Waals surface area contributed by atoms with E-state index in [1.165, 1.54) is 6.07 Å². The van der Waals surface area contributed by atoms with Gasteiger partial charge < -0.3 is 4.57 Å². The van der Waals surface area contributed by atoms with Crippen molar-refractivity contribution in [2.45, 2.75) is 25.3 Å². The van der Waals surface area contributed by atoms with Gasteiger partial charge in [0.05, 0.1) is 27.4 Å². The number of hydrogen-bond acceptors (Lipinski definition) is 3. The number of halogens is 3. The van der Waals surface area contributed by atoms with E-state index < -0.39 is 0 Å². The molecular weight excluding hydrogens is 377 g/mol. The van der Waals surface area contributed by atoms with Gasteiger partial charge in [0.25, 0.3) is 0 Å². The van der Waals surface area contributed by atoms with Gasteiger partial charge in [-0.25, -0.2) is 14.4 Å². The number of rotatable bonds is 4. The van der Waals surface area contributed by atoms with Crippen molar-refractivity contribution >= 4 is 49.9 Å². The fourth-order valence-corrected chi connectivity index (χ4v) is 3.78. The molecule has 0 saturated carbocycles. The van der Waals surface area contributed by atoms with E-state index in [0.29, 0.717) is 9.99 Å². The second-order valence-corrected chi connectivity index (χ2v) is 6.63. The first kappa shape index (κ1) is 14.9. The molecule has 7 heteroatoms. The zero-order valence-corrected chi connectivity index (χ0v) is 14.3. The molecule has 0 N–H and O–H groups in total. The van der Waals surface area contributed by atoms with Crippen LogP contribution in [0, 0.1) is 5.82 Å². The number of thiazole rings is 1. The molecule has 0 radical (unpaired) electrons. The van der Waals surface area contributed by atoms with Gasteiger partial charge in [-0.15, -0.1) is 22.9 Å². The first-order valence-corrected chi connectivity index (χ1v) is 8.67. The highest BCUT2D eigenvalue weighted by molar-refractivity contribution is 9.10. The van der Waals surface area contributed by atoms with Crippen LogP contribution in [0.3, 0.4) is 0 Å². The predicted octanol–water partition coefficient (Wildman–Crippen LogP) is 5.13. The SMILES string of the molecule is CCC(c1nccs1)n1c(CCl)nc2cc(F)c(Br)cc21. The molecule has 0 amide bonds. The van der Waals surface area contributed by atoms with Crippen molar-refractivity contribution in [2.24, 2.45) is 0 Å². The third kappa shape index (κ3) is 2.60. The summed E-state index contributed by atoms with van der Waals surface area (Å²) in [4.78, 5) is 8.87. The monoisotopic (exact) mass is 387 g/mol. The topological polar surface area (TPSA) is 30.7 Å². The Balaban J connectivity index is 2.26. The Labute approximate surface area is 138 Å². The van der Waals surface area contributed by atoms with Gasteiger partial charge in [-0.3, -0.25) is 0 Å². The molecule has 0 saturated heterocycles. The fourth-order valence-electron chi connectivity index (χ4n) is 2.45. The molecule has 2 heterocycles. The number of imidazole rings is 1. The lowest BCUT2D eigenvalue weighted by atomic mass is 10.2. The van der Waals surface area contributed by atoms with E-state index in [9.17, 15) is 4.39 Å². The lowest BCUT2D eigenvalue weighted by Gasteiger charge is -2.17. The summed E-state index contributed by atoms with van der Waals surface area (Å²) >= 11 is 10.9. The van der Waals surface area contributed by atoms with Crippen molar-refractivity contribution in [3.63, 3.8) is 0 Å². The van der Waals surface area contributed by atoms with E-state index in [2.05, 4.69) is 37.4 Å². The number of fused-ring (bicyclic) bond motifs is 1. The predicted molar refractivity (Wildman–Crippen MR) is 87.5 cm³/mol. The van der Waals surface area contributed by atoms with E-state index in [1.807, 2.05) is 5.38 Å². The summed E-state index contributed by atoms with van der Waals surface area (Å²) < 4.78 is 16.2. The van der Waals surface area contributed by atoms with Crippen LogP contribution in [0.1, 0.15) is 30.2 Å². The summed E-state index contributed by atoms with van der Waals surface area (Å²) in [5, 5.41) is 2.95. The fraction of sp³-hybridized carbons (Fsp3) is 0.286. The maximum Gasteiger partial charge on any atom is 0.139 e. The summed E-state index contributed by atoms with van der Waals surface area (Å²) in [5.74, 6) is 0.678. The lowest BCUT2D eigenvalue weighted by molar-refractivity contribution is 0.561. The summed E-state index contributed by atoms with van der Waals surface area (Å²) in [6.07, 6.45) is 2.65. The molecule has 1 atom stereocenters. The van der Waals surface area contributed by atoms with Crippen LogP contribution in [0.2, 0.25) is 0 Å². The van der Waals surface area contributed by atoms with E-state index in [-0.39, 0.29) is 17.7 Å². The van der Waals surface area contributed by atoms with Gasteiger partial charge in [0.15, 0.2) is 0 Å². The minimum atomic E-state index is -0.324. The number of alkyl halides is 1. The summed E-state index contributed by atoms with van der Waals surface area (Å²) in [6, 6.07) is 3.24. The quantitative estimate of drug-likeness (QED) is 0.580. The van der Waals surface area contributed by atoms with E-state index in [4.69, 9.17) is 11.6 Å². The molecule has 3 nitrogen and oxygen atoms in total. The highest BCUT2D eigenvalue weighted by Gasteiger charge is 2.22. The molecule has 0 aliphatic heterocycles. The van der Waals surface area contributed by atoms with Crippen LogP contribution in [0.4, 0.5) is 4.39 Å². The molecule has 3 rings (SSSR count). The third-order valence-corrected chi connectivity index (χ3v) is 5.08. The second-order valence-electron chi connectivity index (χ2n) is 4.58. The molecule has 0 fully saturated rings. The van der Waals surface area contributed by atoms with Crippen LogP contribution in [0.5, 0.6) is 0 Å². The van der Waals surface area contributed by atoms with Gasteiger partial charge in [0, 0.05) is 17.6 Å². The molecule has 3 aromatic rings. The molecule has 1 aromatic carbocycles. The smallest absolute Gasteiger partial charge is 0.139 e. The number of benzene rings is 1. The molecule has 0 aliphatic carbocycles. The maximum atomic E-state index is 13.7. The number of nitrogens with zero attached hydrogens (tertiary/aromatic N) is 3. The molecular formula is C14H12BrClFN3S. The van der Waals surface area contributed by atoms with E-state index in [0.717, 1.165) is 22.8 Å². The Morgan fingerprint density at radius 3 is 2.90 bits per heavy atom. The molecule has 110 valence electrons. The van der Waals surface area contributed by atoms with Crippen molar-refractivity contribution in [3.8, 4) is 0 Å². The maximum absolute atomic E-state index is 13.7. The largest absolute Gasteiger partial charge is 0.317 e. The van der Waals surface area contributed by atoms with Crippen molar-refractivity contribution < 1.29 is 4.39 Å². The Kier molecular flexibility index (Phi) is 4.28. The van der Waals surface area contributed by atoms with Gasteiger partial charge in [0.1, 0.15) is 16.6 Å². The first-order chi connectivity index (χ1) is 10.2. The van der Waals surface area contributed by atoms with Crippen molar-refractivity contribution in [2.75, 3.05) is 0 Å². The lowest BCUT2D eigenvalue weighted by Crippen LogP contribution is -2.12. The van der Waals surface area contributed by atoms with Crippen LogP contribution < -0.4 is 0 Å². The highest BCUT2D eigenvalue weighted by Crippen LogP contribution is 2.32. The Morgan fingerprint density at radius 2 is 2.29 bits per heavy atom. The van der Waals surface area contributed by atoms with Crippen LogP contribution >= 0.6 is 38.9 Å². The molecule has 0 aliphatic rings. The zero-order chi connectivity index (χ0) is 15.0. The van der Waals surface area contributed by atoms with Gasteiger partial charge in [0.2, 0.25) is 0 Å². The second kappa shape index (κ2) is 6.02. The first-order valence-electron chi connectivity index (χ1n) is 6.47. The van der Waals surface area contributed by atoms with Gasteiger partial charge >= 0.3 is 0 Å². The molecule has 1 unspecified atom stereocenters. The van der Waals surface area contributed by atoms with Crippen LogP contribution in [0.15, 0.2) is 28.2 Å². The normalized spacial score (nSPS) is 13.0. The van der Waals surface area contributed by atoms with Crippen molar-refractivity contribution in [1.82, 2.24) is 14.5 Å². The molecule has 21 heavy (non-hydrogen) atoms. The van der Waals surface area contributed by atoms with Crippen molar-refractivity contribution in [3.05, 3.63) is 44.8 Å². The van der Waals surface area contributed by atoms with Crippen LogP contribution in [0.25, 0.3) is 11.0 Å². The number of aromatic nitrogens is 3. The van der Waals surface area contributed by atoms with E-state index in [1.54, 1.807) is 23.6 Å². The minimum Gasteiger partial charge on any atom is -0.317 e. The molecule has 0 spiro atoms. The Bertz CT molecular complexity index is 772. The Hall–Kier alpha value is -0.980. The molecule has 2 aromatic heterocycles. The van der Waals surface area contributed by atoms with E-state index >= 15 is 0 Å². The van der Waals surface area contributed by atoms with Crippen LogP contribution in [-0.4, -0.2) is 14.5 Å². The minimum absolute atomic E-state index is 0.0566. The standard InChI is InChI=1S/C14H12BrClFN3S/c1-2-11(14-18-3-4-21-14)20-12-5-8(15)9(17)6-10(12)19-13(20)7-16/h3-6,11H,2,7H2,1H3. The van der Waals surface area contributed by atoms with Gasteiger partial charge in [-0.05, 0) is 28.4 Å². The zero-order valence-electron chi connectivity index (χ0n) is 11.2. The van der Waals surface area contributed by atoms with Crippen molar-refractivity contribution in [1.29, 1.82) is 0 Å². The van der Waals surface area contributed by atoms with Gasteiger partial charge in [-0.1, -0.05) is 6.92 Å². The average molecular weight is 389 g/mol. The summed E-state index contributed by atoms with van der Waals surface area (Å²) in [5.41, 5.74) is 1.47. The van der Waals surface area contributed by atoms with Crippen LogP contribution in [-0.2, 0) is 5.88 Å². The highest BCUT2D eigenvalue weighted by atomic mass is 79.9. The third-order valence-electron chi connectivity index (χ3n) is 3.36. The number of hydrogen-bond donors (Lipinski definition) is 0. The summed E-state index contributed by atoms with van der Waals surface area (Å²) in [7, 11) is 0. The average Bonchev–Trinajstić information content (AvgIpc) is 3.10. The molecule has 0 bridgehead atoms. The van der Waals surface area contributed by atoms with Gasteiger partial charge in [-0.2, -0.15) is 0 Å². The summed E-state index contributed by atoms with van der Waals surface area (Å²) in [6.45, 7) is 2.09.